The highest BCUT2D eigenvalue weighted by Crippen LogP contribution is 2.47. The van der Waals surface area contributed by atoms with E-state index >= 15 is 0 Å². The van der Waals surface area contributed by atoms with Crippen LogP contribution in [0.1, 0.15) is 27.2 Å². The van der Waals surface area contributed by atoms with Crippen LogP contribution in [0.3, 0.4) is 0 Å². The highest BCUT2D eigenvalue weighted by Gasteiger charge is 2.42. The molecular formula is C13H21NO. The van der Waals surface area contributed by atoms with E-state index in [9.17, 15) is 5.11 Å². The number of hydrogen-bond donors (Lipinski definition) is 1. The van der Waals surface area contributed by atoms with Crippen LogP contribution in [0.5, 0.6) is 0 Å². The molecule has 0 saturated carbocycles. The van der Waals surface area contributed by atoms with E-state index in [0.29, 0.717) is 12.0 Å². The minimum Gasteiger partial charge on any atom is -0.396 e. The van der Waals surface area contributed by atoms with Crippen LogP contribution in [-0.4, -0.2) is 29.7 Å². The largest absolute Gasteiger partial charge is 0.396 e. The van der Waals surface area contributed by atoms with Gasteiger partial charge in [0.2, 0.25) is 0 Å². The Bertz CT molecular complexity index is 327. The first kappa shape index (κ1) is 10.7. The number of aliphatic hydroxyl groups excluding tert-OH is 1. The van der Waals surface area contributed by atoms with Crippen LogP contribution in [0.25, 0.3) is 0 Å². The zero-order valence-electron chi connectivity index (χ0n) is 10.1. The summed E-state index contributed by atoms with van der Waals surface area (Å²) in [6, 6.07) is 0.546. The fourth-order valence-electron chi connectivity index (χ4n) is 2.74. The first-order chi connectivity index (χ1) is 6.98. The van der Waals surface area contributed by atoms with Crippen molar-refractivity contribution in [3.8, 4) is 0 Å². The van der Waals surface area contributed by atoms with Crippen molar-refractivity contribution in [2.45, 2.75) is 33.2 Å². The number of allylic oxidation sites excluding steroid dienone is 2. The average Bonchev–Trinajstić information content (AvgIpc) is 2.40. The quantitative estimate of drug-likeness (QED) is 0.712. The van der Waals surface area contributed by atoms with Crippen LogP contribution < -0.4 is 0 Å². The molecule has 0 aromatic heterocycles. The molecule has 0 fully saturated rings. The van der Waals surface area contributed by atoms with Crippen LogP contribution in [-0.2, 0) is 0 Å². The monoisotopic (exact) mass is 207 g/mol. The molecule has 0 bridgehead atoms. The third-order valence-electron chi connectivity index (χ3n) is 4.28. The molecule has 2 nitrogen and oxygen atoms in total. The van der Waals surface area contributed by atoms with Gasteiger partial charge in [-0.15, -0.1) is 0 Å². The molecule has 1 N–H and O–H groups in total. The molecule has 2 rings (SSSR count). The normalized spacial score (nSPS) is 33.5. The van der Waals surface area contributed by atoms with Crippen LogP contribution in [0.4, 0.5) is 0 Å². The van der Waals surface area contributed by atoms with Crippen LogP contribution in [0, 0.1) is 11.3 Å². The van der Waals surface area contributed by atoms with Crippen LogP contribution in [0.2, 0.25) is 0 Å². The summed E-state index contributed by atoms with van der Waals surface area (Å²) in [4.78, 5) is 2.38. The van der Waals surface area contributed by atoms with Gasteiger partial charge in [-0.25, -0.2) is 0 Å². The summed E-state index contributed by atoms with van der Waals surface area (Å²) in [7, 11) is 2.17. The molecule has 0 saturated heterocycles. The molecule has 0 amide bonds. The van der Waals surface area contributed by atoms with E-state index in [1.807, 2.05) is 0 Å². The molecule has 15 heavy (non-hydrogen) atoms. The molecule has 0 radical (unpaired) electrons. The van der Waals surface area contributed by atoms with E-state index in [1.165, 1.54) is 11.3 Å². The summed E-state index contributed by atoms with van der Waals surface area (Å²) in [6.07, 6.45) is 5.37. The maximum Gasteiger partial charge on any atom is 0.0497 e. The van der Waals surface area contributed by atoms with E-state index in [-0.39, 0.29) is 12.0 Å². The maximum atomic E-state index is 9.20. The second-order valence-corrected chi connectivity index (χ2v) is 5.37. The van der Waals surface area contributed by atoms with Gasteiger partial charge in [0.15, 0.2) is 0 Å². The lowest BCUT2D eigenvalue weighted by atomic mass is 9.78. The maximum absolute atomic E-state index is 9.20. The summed E-state index contributed by atoms with van der Waals surface area (Å²) < 4.78 is 0. The van der Waals surface area contributed by atoms with E-state index in [0.717, 1.165) is 6.42 Å². The Hall–Kier alpha value is -0.760. The summed E-state index contributed by atoms with van der Waals surface area (Å²) in [6.45, 7) is 7.15. The molecule has 2 aliphatic rings. The Balaban J connectivity index is 2.35. The first-order valence-electron chi connectivity index (χ1n) is 5.74. The fourth-order valence-corrected chi connectivity index (χ4v) is 2.74. The van der Waals surface area contributed by atoms with Gasteiger partial charge in [0.05, 0.1) is 0 Å². The lowest BCUT2D eigenvalue weighted by Gasteiger charge is -2.30. The third-order valence-corrected chi connectivity index (χ3v) is 4.28. The standard InChI is InChI=1S/C13H21NO/c1-9-13(2,3)11-6-5-10(8-15)7-12(11)14(9)4/h5-6,9-10,15H,7-8H2,1-4H3. The second-order valence-electron chi connectivity index (χ2n) is 5.37. The highest BCUT2D eigenvalue weighted by atomic mass is 16.3. The Labute approximate surface area is 92.3 Å². The summed E-state index contributed by atoms with van der Waals surface area (Å²) >= 11 is 0. The van der Waals surface area contributed by atoms with Crippen molar-refractivity contribution < 1.29 is 5.11 Å². The van der Waals surface area contributed by atoms with Gasteiger partial charge in [-0.2, -0.15) is 0 Å². The van der Waals surface area contributed by atoms with Gasteiger partial charge in [0, 0.05) is 36.7 Å². The van der Waals surface area contributed by atoms with Crippen molar-refractivity contribution in [1.82, 2.24) is 4.90 Å². The lowest BCUT2D eigenvalue weighted by molar-refractivity contribution is 0.220. The van der Waals surface area contributed by atoms with Crippen molar-refractivity contribution in [3.63, 3.8) is 0 Å². The molecular weight excluding hydrogens is 186 g/mol. The SMILES string of the molecule is CC1N(C)C2=C(C=CC(CO)C2)C1(C)C. The summed E-state index contributed by atoms with van der Waals surface area (Å²) in [5.74, 6) is 0.312. The molecule has 0 aromatic carbocycles. The molecule has 2 unspecified atom stereocenters. The summed E-state index contributed by atoms with van der Waals surface area (Å²) in [5, 5.41) is 9.20. The first-order valence-corrected chi connectivity index (χ1v) is 5.74. The number of aliphatic hydroxyl groups is 1. The predicted octanol–water partition coefficient (Wildman–Crippen LogP) is 2.17. The molecule has 1 aliphatic heterocycles. The number of rotatable bonds is 1. The average molecular weight is 207 g/mol. The summed E-state index contributed by atoms with van der Waals surface area (Å²) in [5.41, 5.74) is 3.12. The van der Waals surface area contributed by atoms with Gasteiger partial charge >= 0.3 is 0 Å². The topological polar surface area (TPSA) is 23.5 Å². The van der Waals surface area contributed by atoms with Gasteiger partial charge in [-0.1, -0.05) is 26.0 Å². The number of nitrogens with zero attached hydrogens (tertiary/aromatic N) is 1. The Morgan fingerprint density at radius 2 is 2.20 bits per heavy atom. The van der Waals surface area contributed by atoms with Gasteiger partial charge in [0.25, 0.3) is 0 Å². The third kappa shape index (κ3) is 1.43. The van der Waals surface area contributed by atoms with Crippen molar-refractivity contribution in [3.05, 3.63) is 23.4 Å². The van der Waals surface area contributed by atoms with E-state index < -0.39 is 0 Å². The minimum atomic E-state index is 0.237. The van der Waals surface area contributed by atoms with Crippen molar-refractivity contribution in [2.75, 3.05) is 13.7 Å². The molecule has 2 atom stereocenters. The molecule has 1 heterocycles. The molecule has 1 aliphatic carbocycles. The van der Waals surface area contributed by atoms with Gasteiger partial charge in [0.1, 0.15) is 0 Å². The van der Waals surface area contributed by atoms with Crippen LogP contribution >= 0.6 is 0 Å². The van der Waals surface area contributed by atoms with E-state index in [2.05, 4.69) is 44.9 Å². The lowest BCUT2D eigenvalue weighted by Crippen LogP contribution is -2.33. The minimum absolute atomic E-state index is 0.237. The van der Waals surface area contributed by atoms with Crippen molar-refractivity contribution in [1.29, 1.82) is 0 Å². The van der Waals surface area contributed by atoms with Gasteiger partial charge < -0.3 is 10.0 Å². The predicted molar refractivity (Wildman–Crippen MR) is 62.4 cm³/mol. The fraction of sp³-hybridized carbons (Fsp3) is 0.692. The van der Waals surface area contributed by atoms with Gasteiger partial charge in [-0.3, -0.25) is 0 Å². The second kappa shape index (κ2) is 3.38. The highest BCUT2D eigenvalue weighted by molar-refractivity contribution is 5.40. The Kier molecular flexibility index (Phi) is 2.42. The Morgan fingerprint density at radius 1 is 1.53 bits per heavy atom. The zero-order valence-corrected chi connectivity index (χ0v) is 10.1. The van der Waals surface area contributed by atoms with Crippen molar-refractivity contribution in [2.24, 2.45) is 11.3 Å². The van der Waals surface area contributed by atoms with Crippen LogP contribution in [0.15, 0.2) is 23.4 Å². The van der Waals surface area contributed by atoms with E-state index in [4.69, 9.17) is 0 Å². The Morgan fingerprint density at radius 3 is 2.80 bits per heavy atom. The molecule has 0 aromatic rings. The number of hydrogen-bond acceptors (Lipinski definition) is 2. The molecule has 2 heteroatoms. The zero-order chi connectivity index (χ0) is 11.2. The van der Waals surface area contributed by atoms with Gasteiger partial charge in [-0.05, 0) is 18.9 Å². The molecule has 0 spiro atoms. The smallest absolute Gasteiger partial charge is 0.0497 e. The van der Waals surface area contributed by atoms with Crippen molar-refractivity contribution >= 4 is 0 Å². The molecule has 84 valence electrons. The van der Waals surface area contributed by atoms with E-state index in [1.54, 1.807) is 0 Å².